The smallest absolute Gasteiger partial charge is 0.144 e. The van der Waals surface area contributed by atoms with E-state index in [1.54, 1.807) is 0 Å². The van der Waals surface area contributed by atoms with Gasteiger partial charge in [-0.2, -0.15) is 0 Å². The zero-order chi connectivity index (χ0) is 22.2. The molecule has 0 fully saturated rings. The summed E-state index contributed by atoms with van der Waals surface area (Å²) in [6, 6.07) is 8.78. The van der Waals surface area contributed by atoms with E-state index in [9.17, 15) is 0 Å². The summed E-state index contributed by atoms with van der Waals surface area (Å²) < 4.78 is 2.25. The Morgan fingerprint density at radius 1 is 1.10 bits per heavy atom. The molecule has 0 saturated heterocycles. The number of benzene rings is 1. The average Bonchev–Trinajstić information content (AvgIpc) is 3.23. The minimum Gasteiger partial charge on any atom is -0.300 e. The Morgan fingerprint density at radius 2 is 1.72 bits per heavy atom. The van der Waals surface area contributed by atoms with Gasteiger partial charge in [-0.05, 0) is 54.2 Å². The van der Waals surface area contributed by atoms with Crippen LogP contribution in [0.3, 0.4) is 0 Å². The molecular weight excluding hydrogens is 352 g/mol. The van der Waals surface area contributed by atoms with Gasteiger partial charge in [-0.15, -0.1) is 0 Å². The van der Waals surface area contributed by atoms with Crippen LogP contribution in [-0.2, 0) is 5.41 Å². The molecule has 1 aromatic heterocycles. The van der Waals surface area contributed by atoms with E-state index in [0.717, 1.165) is 30.7 Å². The monoisotopic (exact) mass is 394 g/mol. The van der Waals surface area contributed by atoms with E-state index in [1.807, 2.05) is 20.0 Å². The van der Waals surface area contributed by atoms with Crippen molar-refractivity contribution in [2.24, 2.45) is 5.92 Å². The molecule has 1 aromatic carbocycles. The number of imidazole rings is 1. The van der Waals surface area contributed by atoms with E-state index < -0.39 is 0 Å². The molecule has 0 spiro atoms. The topological polar surface area (TPSA) is 17.8 Å². The van der Waals surface area contributed by atoms with E-state index in [-0.39, 0.29) is 5.41 Å². The number of rotatable bonds is 8. The highest BCUT2D eigenvalue weighted by Gasteiger charge is 2.31. The lowest BCUT2D eigenvalue weighted by molar-refractivity contribution is 0.327. The third-order valence-electron chi connectivity index (χ3n) is 6.37. The molecule has 160 valence electrons. The van der Waals surface area contributed by atoms with Gasteiger partial charge in [-0.3, -0.25) is 4.57 Å². The fourth-order valence-electron chi connectivity index (χ4n) is 3.78. The van der Waals surface area contributed by atoms with Gasteiger partial charge in [0.15, 0.2) is 0 Å². The quantitative estimate of drug-likeness (QED) is 0.410. The van der Waals surface area contributed by atoms with Crippen molar-refractivity contribution in [1.29, 1.82) is 0 Å². The van der Waals surface area contributed by atoms with Gasteiger partial charge >= 0.3 is 0 Å². The molecule has 1 atom stereocenters. The molecular formula is C27H42N2. The Morgan fingerprint density at radius 3 is 2.24 bits per heavy atom. The molecule has 0 radical (unpaired) electrons. The van der Waals surface area contributed by atoms with Gasteiger partial charge in [0.05, 0.1) is 0 Å². The van der Waals surface area contributed by atoms with Crippen molar-refractivity contribution in [3.05, 3.63) is 59.9 Å². The third kappa shape index (κ3) is 5.10. The molecule has 0 bridgehead atoms. The van der Waals surface area contributed by atoms with E-state index in [2.05, 4.69) is 90.1 Å². The Kier molecular flexibility index (Phi) is 9.62. The Labute approximate surface area is 179 Å². The van der Waals surface area contributed by atoms with E-state index >= 15 is 0 Å². The summed E-state index contributed by atoms with van der Waals surface area (Å²) in [5, 5.41) is 0. The molecule has 0 saturated carbocycles. The number of nitrogens with zero attached hydrogens (tertiary/aromatic N) is 2. The number of allylic oxidation sites excluding steroid dienone is 3. The molecule has 0 N–H and O–H groups in total. The second-order valence-electron chi connectivity index (χ2n) is 8.03. The Balaban J connectivity index is 0.00000204. The van der Waals surface area contributed by atoms with Gasteiger partial charge in [0, 0.05) is 23.7 Å². The highest BCUT2D eigenvalue weighted by Crippen LogP contribution is 2.41. The fraction of sp³-hybridized carbons (Fsp3) is 0.519. The van der Waals surface area contributed by atoms with Crippen molar-refractivity contribution >= 4 is 5.70 Å². The van der Waals surface area contributed by atoms with Crippen LogP contribution in [0.15, 0.2) is 54.4 Å². The van der Waals surface area contributed by atoms with Crippen LogP contribution in [0.25, 0.3) is 17.1 Å². The van der Waals surface area contributed by atoms with Crippen LogP contribution in [0.4, 0.5) is 0 Å². The summed E-state index contributed by atoms with van der Waals surface area (Å²) in [6.07, 6.45) is 7.04. The third-order valence-corrected chi connectivity index (χ3v) is 6.37. The van der Waals surface area contributed by atoms with Gasteiger partial charge < -0.3 is 0 Å². The molecule has 2 nitrogen and oxygen atoms in total. The van der Waals surface area contributed by atoms with Crippen molar-refractivity contribution in [1.82, 2.24) is 9.55 Å². The van der Waals surface area contributed by atoms with Crippen molar-refractivity contribution in [2.75, 3.05) is 0 Å². The lowest BCUT2D eigenvalue weighted by atomic mass is 9.70. The maximum Gasteiger partial charge on any atom is 0.144 e. The molecule has 29 heavy (non-hydrogen) atoms. The van der Waals surface area contributed by atoms with E-state index in [0.29, 0.717) is 5.92 Å². The lowest BCUT2D eigenvalue weighted by Gasteiger charge is -2.35. The van der Waals surface area contributed by atoms with Crippen molar-refractivity contribution in [3.63, 3.8) is 0 Å². The average molecular weight is 395 g/mol. The molecule has 0 amide bonds. The summed E-state index contributed by atoms with van der Waals surface area (Å²) in [4.78, 5) is 4.80. The number of hydrogen-bond acceptors (Lipinski definition) is 1. The zero-order valence-corrected chi connectivity index (χ0v) is 20.3. The normalized spacial score (nSPS) is 14.0. The van der Waals surface area contributed by atoms with Crippen LogP contribution in [-0.4, -0.2) is 9.55 Å². The first kappa shape index (κ1) is 24.9. The molecule has 1 heterocycles. The van der Waals surface area contributed by atoms with Gasteiger partial charge in [0.25, 0.3) is 0 Å². The second kappa shape index (κ2) is 11.2. The van der Waals surface area contributed by atoms with E-state index in [4.69, 9.17) is 4.98 Å². The molecule has 0 aliphatic heterocycles. The van der Waals surface area contributed by atoms with Gasteiger partial charge in [0.2, 0.25) is 0 Å². The number of hydrogen-bond donors (Lipinski definition) is 0. The first-order valence-corrected chi connectivity index (χ1v) is 11.3. The van der Waals surface area contributed by atoms with Crippen LogP contribution < -0.4 is 0 Å². The largest absolute Gasteiger partial charge is 0.300 e. The highest BCUT2D eigenvalue weighted by molar-refractivity contribution is 5.74. The van der Waals surface area contributed by atoms with Crippen LogP contribution in [0.5, 0.6) is 0 Å². The fourth-order valence-corrected chi connectivity index (χ4v) is 3.78. The molecule has 2 heteroatoms. The predicted molar refractivity (Wildman–Crippen MR) is 130 cm³/mol. The van der Waals surface area contributed by atoms with Crippen LogP contribution in [0, 0.1) is 5.92 Å². The minimum absolute atomic E-state index is 0.110. The van der Waals surface area contributed by atoms with Gasteiger partial charge in [-0.25, -0.2) is 4.98 Å². The standard InChI is InChI=1S/C25H36N2.C2H6/c1-9-19(6)23(20(7)10-2)27-17-16-26-24(27)21-14-12-13-15-22(21)25(8,11-3)18(4)5;1-2/h12-18H,6,9-11H2,1-5,7-8H3;1-2H3/b23-20-;. The van der Waals surface area contributed by atoms with Crippen LogP contribution in [0.2, 0.25) is 0 Å². The van der Waals surface area contributed by atoms with Crippen LogP contribution >= 0.6 is 0 Å². The summed E-state index contributed by atoms with van der Waals surface area (Å²) in [7, 11) is 0. The van der Waals surface area contributed by atoms with Crippen molar-refractivity contribution < 1.29 is 0 Å². The molecule has 2 rings (SSSR count). The Bertz CT molecular complexity index is 823. The molecule has 1 unspecified atom stereocenters. The molecule has 0 aliphatic rings. The van der Waals surface area contributed by atoms with Crippen molar-refractivity contribution in [3.8, 4) is 11.4 Å². The summed E-state index contributed by atoms with van der Waals surface area (Å²) in [5.74, 6) is 1.56. The molecule has 2 aromatic rings. The summed E-state index contributed by atoms with van der Waals surface area (Å²) in [5.41, 5.74) is 6.44. The second-order valence-corrected chi connectivity index (χ2v) is 8.03. The molecule has 0 aliphatic carbocycles. The van der Waals surface area contributed by atoms with Crippen LogP contribution in [0.1, 0.15) is 87.1 Å². The van der Waals surface area contributed by atoms with Crippen molar-refractivity contribution in [2.45, 2.75) is 87.0 Å². The first-order valence-electron chi connectivity index (χ1n) is 11.3. The van der Waals surface area contributed by atoms with Gasteiger partial charge in [0.1, 0.15) is 5.82 Å². The highest BCUT2D eigenvalue weighted by atomic mass is 15.1. The zero-order valence-electron chi connectivity index (χ0n) is 20.3. The predicted octanol–water partition coefficient (Wildman–Crippen LogP) is 8.51. The summed E-state index contributed by atoms with van der Waals surface area (Å²) in [6.45, 7) is 24.2. The lowest BCUT2D eigenvalue weighted by Crippen LogP contribution is -2.28. The number of aromatic nitrogens is 2. The maximum absolute atomic E-state index is 4.80. The van der Waals surface area contributed by atoms with E-state index in [1.165, 1.54) is 22.4 Å². The minimum atomic E-state index is 0.110. The first-order chi connectivity index (χ1) is 13.8. The maximum atomic E-state index is 4.80. The van der Waals surface area contributed by atoms with Gasteiger partial charge in [-0.1, -0.05) is 86.2 Å². The Hall–Kier alpha value is -2.09. The summed E-state index contributed by atoms with van der Waals surface area (Å²) >= 11 is 0. The SMILES string of the molecule is C=C(CC)/C(=C(\C)CC)n1ccnc1-c1ccccc1C(C)(CC)C(C)C.CC.